The lowest BCUT2D eigenvalue weighted by molar-refractivity contribution is -0.122. The Kier molecular flexibility index (Phi) is 5.75. The third-order valence-corrected chi connectivity index (χ3v) is 5.92. The summed E-state index contributed by atoms with van der Waals surface area (Å²) in [5.74, 6) is 0.171. The fourth-order valence-electron chi connectivity index (χ4n) is 3.59. The lowest BCUT2D eigenvalue weighted by Crippen LogP contribution is -2.62. The molecule has 0 radical (unpaired) electrons. The zero-order chi connectivity index (χ0) is 14.6. The zero-order valence-corrected chi connectivity index (χ0v) is 13.8. The van der Waals surface area contributed by atoms with Crippen molar-refractivity contribution in [1.29, 1.82) is 0 Å². The van der Waals surface area contributed by atoms with E-state index in [0.29, 0.717) is 0 Å². The molecule has 0 aromatic heterocycles. The van der Waals surface area contributed by atoms with Gasteiger partial charge in [0.1, 0.15) is 0 Å². The molecule has 0 aromatic carbocycles. The van der Waals surface area contributed by atoms with Crippen LogP contribution in [0.3, 0.4) is 0 Å². The van der Waals surface area contributed by atoms with Crippen LogP contribution in [-0.2, 0) is 9.53 Å². The number of thioether (sulfide) groups is 1. The zero-order valence-electron chi connectivity index (χ0n) is 13.0. The molecule has 0 spiro atoms. The SMILES string of the molecule is CS[C@H](C)C(=O)N[C@H](C)C1(N2CCOCC2)CCCC1. The number of carbonyl (C=O) groups is 1. The van der Waals surface area contributed by atoms with Gasteiger partial charge in [0.2, 0.25) is 5.91 Å². The summed E-state index contributed by atoms with van der Waals surface area (Å²) in [6.45, 7) is 7.80. The predicted molar refractivity (Wildman–Crippen MR) is 84.2 cm³/mol. The average molecular weight is 300 g/mol. The normalized spacial score (nSPS) is 26.1. The second-order valence-electron chi connectivity index (χ2n) is 6.02. The van der Waals surface area contributed by atoms with Crippen LogP contribution in [0.4, 0.5) is 0 Å². The number of hydrogen-bond acceptors (Lipinski definition) is 4. The summed E-state index contributed by atoms with van der Waals surface area (Å²) < 4.78 is 5.49. The third-order valence-electron chi connectivity index (χ3n) is 5.00. The standard InChI is InChI=1S/C15H28N2O2S/c1-12(20-3)14(18)16-13(2)15(6-4-5-7-15)17-8-10-19-11-9-17/h12-13H,4-11H2,1-3H3,(H,16,18)/t12-,13-/m1/s1. The molecular formula is C15H28N2O2S. The molecular weight excluding hydrogens is 272 g/mol. The first-order chi connectivity index (χ1) is 9.60. The predicted octanol–water partition coefficient (Wildman–Crippen LogP) is 1.89. The first-order valence-electron chi connectivity index (χ1n) is 7.76. The van der Waals surface area contributed by atoms with E-state index in [1.807, 2.05) is 13.2 Å². The van der Waals surface area contributed by atoms with Gasteiger partial charge in [-0.3, -0.25) is 9.69 Å². The highest BCUT2D eigenvalue weighted by atomic mass is 32.2. The molecule has 1 aliphatic carbocycles. The fourth-order valence-corrected chi connectivity index (χ4v) is 3.87. The van der Waals surface area contributed by atoms with Gasteiger partial charge in [0, 0.05) is 24.7 Å². The number of amides is 1. The van der Waals surface area contributed by atoms with Crippen LogP contribution in [0, 0.1) is 0 Å². The van der Waals surface area contributed by atoms with E-state index in [1.165, 1.54) is 25.7 Å². The van der Waals surface area contributed by atoms with E-state index in [9.17, 15) is 4.79 Å². The molecule has 1 saturated heterocycles. The van der Waals surface area contributed by atoms with Gasteiger partial charge < -0.3 is 10.1 Å². The van der Waals surface area contributed by atoms with Crippen molar-refractivity contribution in [3.8, 4) is 0 Å². The summed E-state index contributed by atoms with van der Waals surface area (Å²) in [5, 5.41) is 3.30. The highest BCUT2D eigenvalue weighted by molar-refractivity contribution is 7.99. The van der Waals surface area contributed by atoms with Crippen molar-refractivity contribution in [2.75, 3.05) is 32.6 Å². The van der Waals surface area contributed by atoms with Crippen LogP contribution in [0.5, 0.6) is 0 Å². The Bertz CT molecular complexity index is 326. The van der Waals surface area contributed by atoms with Crippen LogP contribution < -0.4 is 5.32 Å². The van der Waals surface area contributed by atoms with Crippen LogP contribution in [0.1, 0.15) is 39.5 Å². The highest BCUT2D eigenvalue weighted by Gasteiger charge is 2.45. The molecule has 116 valence electrons. The van der Waals surface area contributed by atoms with Gasteiger partial charge >= 0.3 is 0 Å². The van der Waals surface area contributed by atoms with Gasteiger partial charge in [-0.05, 0) is 32.9 Å². The van der Waals surface area contributed by atoms with E-state index < -0.39 is 0 Å². The Morgan fingerprint density at radius 3 is 2.40 bits per heavy atom. The number of ether oxygens (including phenoxy) is 1. The average Bonchev–Trinajstić information content (AvgIpc) is 2.98. The molecule has 1 saturated carbocycles. The van der Waals surface area contributed by atoms with Crippen molar-refractivity contribution in [3.05, 3.63) is 0 Å². The van der Waals surface area contributed by atoms with Crippen LogP contribution in [0.2, 0.25) is 0 Å². The Labute approximate surface area is 127 Å². The topological polar surface area (TPSA) is 41.6 Å². The Hall–Kier alpha value is -0.260. The molecule has 0 bridgehead atoms. The second-order valence-corrected chi connectivity index (χ2v) is 7.20. The minimum atomic E-state index is 0.0283. The third kappa shape index (κ3) is 3.31. The van der Waals surface area contributed by atoms with E-state index in [1.54, 1.807) is 11.8 Å². The van der Waals surface area contributed by atoms with Gasteiger partial charge in [-0.1, -0.05) is 12.8 Å². The summed E-state index contributed by atoms with van der Waals surface area (Å²) >= 11 is 1.61. The summed E-state index contributed by atoms with van der Waals surface area (Å²) in [5.41, 5.74) is 0.150. The molecule has 2 rings (SSSR count). The van der Waals surface area contributed by atoms with Crippen molar-refractivity contribution >= 4 is 17.7 Å². The largest absolute Gasteiger partial charge is 0.379 e. The molecule has 2 aliphatic rings. The van der Waals surface area contributed by atoms with Gasteiger partial charge in [0.05, 0.1) is 18.5 Å². The molecule has 1 aliphatic heterocycles. The Morgan fingerprint density at radius 1 is 1.25 bits per heavy atom. The van der Waals surface area contributed by atoms with E-state index in [0.717, 1.165) is 26.3 Å². The highest BCUT2D eigenvalue weighted by Crippen LogP contribution is 2.38. The molecule has 1 amide bonds. The quantitative estimate of drug-likeness (QED) is 0.842. The minimum Gasteiger partial charge on any atom is -0.379 e. The summed E-state index contributed by atoms with van der Waals surface area (Å²) in [4.78, 5) is 14.8. The number of rotatable bonds is 5. The van der Waals surface area contributed by atoms with E-state index >= 15 is 0 Å². The minimum absolute atomic E-state index is 0.0283. The van der Waals surface area contributed by atoms with Crippen molar-refractivity contribution in [1.82, 2.24) is 10.2 Å². The molecule has 4 nitrogen and oxygen atoms in total. The molecule has 0 unspecified atom stereocenters. The monoisotopic (exact) mass is 300 g/mol. The van der Waals surface area contributed by atoms with Gasteiger partial charge in [0.25, 0.3) is 0 Å². The maximum absolute atomic E-state index is 12.2. The fraction of sp³-hybridized carbons (Fsp3) is 0.933. The second kappa shape index (κ2) is 7.14. The van der Waals surface area contributed by atoms with Crippen LogP contribution >= 0.6 is 11.8 Å². The number of hydrogen-bond donors (Lipinski definition) is 1. The number of carbonyl (C=O) groups excluding carboxylic acids is 1. The number of morpholine rings is 1. The van der Waals surface area contributed by atoms with Crippen LogP contribution in [-0.4, -0.2) is 60.2 Å². The number of nitrogens with zero attached hydrogens (tertiary/aromatic N) is 1. The maximum atomic E-state index is 12.2. The molecule has 5 heteroatoms. The maximum Gasteiger partial charge on any atom is 0.233 e. The molecule has 0 aromatic rings. The first-order valence-corrected chi connectivity index (χ1v) is 9.05. The summed E-state index contributed by atoms with van der Waals surface area (Å²) in [7, 11) is 0. The van der Waals surface area contributed by atoms with Gasteiger partial charge in [0.15, 0.2) is 0 Å². The molecule has 1 heterocycles. The lowest BCUT2D eigenvalue weighted by atomic mass is 9.86. The summed E-state index contributed by atoms with van der Waals surface area (Å²) in [6.07, 6.45) is 6.93. The molecule has 2 atom stereocenters. The molecule has 20 heavy (non-hydrogen) atoms. The Balaban J connectivity index is 2.05. The van der Waals surface area contributed by atoms with E-state index in [-0.39, 0.29) is 22.7 Å². The van der Waals surface area contributed by atoms with Crippen molar-refractivity contribution in [3.63, 3.8) is 0 Å². The first kappa shape index (κ1) is 16.1. The van der Waals surface area contributed by atoms with Gasteiger partial charge in [-0.25, -0.2) is 0 Å². The van der Waals surface area contributed by atoms with Gasteiger partial charge in [-0.2, -0.15) is 11.8 Å². The smallest absolute Gasteiger partial charge is 0.233 e. The summed E-state index contributed by atoms with van der Waals surface area (Å²) in [6, 6.07) is 0.213. The van der Waals surface area contributed by atoms with Crippen LogP contribution in [0.15, 0.2) is 0 Å². The van der Waals surface area contributed by atoms with Crippen molar-refractivity contribution < 1.29 is 9.53 Å². The molecule has 1 N–H and O–H groups in total. The van der Waals surface area contributed by atoms with Crippen molar-refractivity contribution in [2.24, 2.45) is 0 Å². The van der Waals surface area contributed by atoms with Crippen LogP contribution in [0.25, 0.3) is 0 Å². The molecule has 2 fully saturated rings. The lowest BCUT2D eigenvalue weighted by Gasteiger charge is -2.47. The Morgan fingerprint density at radius 2 is 1.85 bits per heavy atom. The van der Waals surface area contributed by atoms with Gasteiger partial charge in [-0.15, -0.1) is 0 Å². The number of nitrogens with one attached hydrogen (secondary N) is 1. The van der Waals surface area contributed by atoms with E-state index in [2.05, 4.69) is 17.1 Å². The van der Waals surface area contributed by atoms with Crippen molar-refractivity contribution in [2.45, 2.75) is 56.4 Å². The van der Waals surface area contributed by atoms with E-state index in [4.69, 9.17) is 4.74 Å².